The van der Waals surface area contributed by atoms with Crippen molar-refractivity contribution in [1.29, 1.82) is 0 Å². The minimum atomic E-state index is -0.271. The predicted molar refractivity (Wildman–Crippen MR) is 69.9 cm³/mol. The number of rotatable bonds is 5. The monoisotopic (exact) mass is 246 g/mol. The van der Waals surface area contributed by atoms with E-state index < -0.39 is 0 Å². The van der Waals surface area contributed by atoms with Gasteiger partial charge in [0, 0.05) is 17.8 Å². The summed E-state index contributed by atoms with van der Waals surface area (Å²) in [5.74, 6) is 0.395. The number of hydrogen-bond acceptors (Lipinski definition) is 3. The van der Waals surface area contributed by atoms with Crippen molar-refractivity contribution in [2.75, 3.05) is 12.5 Å². The number of benzene rings is 2. The molecule has 0 aliphatic carbocycles. The van der Waals surface area contributed by atoms with Crippen LogP contribution in [0.1, 0.15) is 5.56 Å². The molecule has 4 heteroatoms. The molecule has 94 valence electrons. The summed E-state index contributed by atoms with van der Waals surface area (Å²) in [6.07, 6.45) is 0. The normalized spacial score (nSPS) is 10.1. The van der Waals surface area contributed by atoms with Crippen molar-refractivity contribution in [3.8, 4) is 5.75 Å². The summed E-state index contributed by atoms with van der Waals surface area (Å²) in [5.41, 5.74) is 7.78. The first-order chi connectivity index (χ1) is 8.79. The lowest BCUT2D eigenvalue weighted by molar-refractivity contribution is 0.407. The highest BCUT2D eigenvalue weighted by Crippen LogP contribution is 2.18. The first kappa shape index (κ1) is 12.4. The summed E-state index contributed by atoms with van der Waals surface area (Å²) in [6.45, 7) is 0.468. The molecule has 0 unspecified atom stereocenters. The zero-order chi connectivity index (χ0) is 12.8. The van der Waals surface area contributed by atoms with E-state index in [1.165, 1.54) is 12.1 Å². The molecule has 0 aliphatic rings. The van der Waals surface area contributed by atoms with E-state index >= 15 is 0 Å². The van der Waals surface area contributed by atoms with Gasteiger partial charge >= 0.3 is 0 Å². The highest BCUT2D eigenvalue weighted by Gasteiger charge is 2.03. The van der Waals surface area contributed by atoms with Crippen LogP contribution in [-0.2, 0) is 6.54 Å². The quantitative estimate of drug-likeness (QED) is 0.796. The van der Waals surface area contributed by atoms with Gasteiger partial charge in [0.05, 0.1) is 7.11 Å². The van der Waals surface area contributed by atoms with Crippen LogP contribution in [0.3, 0.4) is 0 Å². The molecule has 0 spiro atoms. The Labute approximate surface area is 106 Å². The van der Waals surface area contributed by atoms with Gasteiger partial charge in [-0.1, -0.05) is 18.2 Å². The summed E-state index contributed by atoms with van der Waals surface area (Å²) in [7, 11) is 1.57. The SMILES string of the molecule is COc1ccc(F)cc1CNNc1ccccc1. The average molecular weight is 246 g/mol. The van der Waals surface area contributed by atoms with E-state index in [0.29, 0.717) is 12.3 Å². The molecule has 0 fully saturated rings. The molecular formula is C14H15FN2O. The van der Waals surface area contributed by atoms with Crippen molar-refractivity contribution in [2.45, 2.75) is 6.54 Å². The predicted octanol–water partition coefficient (Wildman–Crippen LogP) is 2.95. The minimum absolute atomic E-state index is 0.271. The molecule has 0 saturated heterocycles. The van der Waals surface area contributed by atoms with E-state index in [9.17, 15) is 4.39 Å². The minimum Gasteiger partial charge on any atom is -0.496 e. The van der Waals surface area contributed by atoms with E-state index in [-0.39, 0.29) is 5.82 Å². The third kappa shape index (κ3) is 3.21. The van der Waals surface area contributed by atoms with Crippen LogP contribution >= 0.6 is 0 Å². The van der Waals surface area contributed by atoms with Crippen LogP contribution in [0.25, 0.3) is 0 Å². The van der Waals surface area contributed by atoms with E-state index in [1.807, 2.05) is 30.3 Å². The maximum atomic E-state index is 13.1. The molecule has 0 aromatic heterocycles. The van der Waals surface area contributed by atoms with E-state index in [0.717, 1.165) is 11.3 Å². The van der Waals surface area contributed by atoms with Gasteiger partial charge in [-0.25, -0.2) is 9.82 Å². The smallest absolute Gasteiger partial charge is 0.123 e. The second-order valence-electron chi connectivity index (χ2n) is 3.80. The Balaban J connectivity index is 1.96. The molecule has 0 amide bonds. The van der Waals surface area contributed by atoms with E-state index in [2.05, 4.69) is 10.9 Å². The van der Waals surface area contributed by atoms with Gasteiger partial charge in [-0.05, 0) is 30.3 Å². The molecule has 0 bridgehead atoms. The molecule has 18 heavy (non-hydrogen) atoms. The molecule has 0 radical (unpaired) electrons. The van der Waals surface area contributed by atoms with Crippen LogP contribution in [0.5, 0.6) is 5.75 Å². The summed E-state index contributed by atoms with van der Waals surface area (Å²) in [5, 5.41) is 0. The van der Waals surface area contributed by atoms with Crippen LogP contribution in [0.15, 0.2) is 48.5 Å². The summed E-state index contributed by atoms with van der Waals surface area (Å²) in [6, 6.07) is 14.2. The first-order valence-corrected chi connectivity index (χ1v) is 5.66. The van der Waals surface area contributed by atoms with Gasteiger partial charge in [-0.3, -0.25) is 0 Å². The largest absolute Gasteiger partial charge is 0.496 e. The lowest BCUT2D eigenvalue weighted by Gasteiger charge is -2.11. The standard InChI is InChI=1S/C14H15FN2O/c1-18-14-8-7-12(15)9-11(14)10-16-17-13-5-3-2-4-6-13/h2-9,16-17H,10H2,1H3. The summed E-state index contributed by atoms with van der Waals surface area (Å²) >= 11 is 0. The molecule has 2 N–H and O–H groups in total. The van der Waals surface area contributed by atoms with Gasteiger partial charge in [0.2, 0.25) is 0 Å². The number of anilines is 1. The maximum Gasteiger partial charge on any atom is 0.123 e. The van der Waals surface area contributed by atoms with Crippen LogP contribution in [0, 0.1) is 5.82 Å². The number of methoxy groups -OCH3 is 1. The Hall–Kier alpha value is -2.07. The van der Waals surface area contributed by atoms with E-state index in [1.54, 1.807) is 13.2 Å². The van der Waals surface area contributed by atoms with Gasteiger partial charge < -0.3 is 10.2 Å². The van der Waals surface area contributed by atoms with Crippen molar-refractivity contribution in [2.24, 2.45) is 0 Å². The van der Waals surface area contributed by atoms with Crippen molar-refractivity contribution in [3.63, 3.8) is 0 Å². The Morgan fingerprint density at radius 3 is 2.61 bits per heavy atom. The van der Waals surface area contributed by atoms with Gasteiger partial charge in [0.1, 0.15) is 11.6 Å². The molecule has 0 atom stereocenters. The Morgan fingerprint density at radius 1 is 1.11 bits per heavy atom. The second-order valence-corrected chi connectivity index (χ2v) is 3.80. The molecule has 0 aliphatic heterocycles. The highest BCUT2D eigenvalue weighted by molar-refractivity contribution is 5.41. The van der Waals surface area contributed by atoms with Crippen LogP contribution in [0.2, 0.25) is 0 Å². The zero-order valence-electron chi connectivity index (χ0n) is 10.1. The lowest BCUT2D eigenvalue weighted by atomic mass is 10.2. The Morgan fingerprint density at radius 2 is 1.89 bits per heavy atom. The van der Waals surface area contributed by atoms with E-state index in [4.69, 9.17) is 4.74 Å². The highest BCUT2D eigenvalue weighted by atomic mass is 19.1. The topological polar surface area (TPSA) is 33.3 Å². The molecule has 0 heterocycles. The van der Waals surface area contributed by atoms with Crippen molar-refractivity contribution in [3.05, 3.63) is 59.9 Å². The third-order valence-electron chi connectivity index (χ3n) is 2.53. The van der Waals surface area contributed by atoms with Crippen LogP contribution in [0.4, 0.5) is 10.1 Å². The zero-order valence-corrected chi connectivity index (χ0v) is 10.1. The summed E-state index contributed by atoms with van der Waals surface area (Å²) < 4.78 is 18.3. The fourth-order valence-electron chi connectivity index (χ4n) is 1.65. The Bertz CT molecular complexity index is 502. The number of nitrogens with one attached hydrogen (secondary N) is 2. The first-order valence-electron chi connectivity index (χ1n) is 5.66. The third-order valence-corrected chi connectivity index (χ3v) is 2.53. The lowest BCUT2D eigenvalue weighted by Crippen LogP contribution is -2.21. The van der Waals surface area contributed by atoms with Crippen molar-refractivity contribution < 1.29 is 9.13 Å². The van der Waals surface area contributed by atoms with Crippen LogP contribution in [-0.4, -0.2) is 7.11 Å². The molecule has 2 aromatic carbocycles. The molecule has 0 saturated carbocycles. The molecule has 2 aromatic rings. The fraction of sp³-hybridized carbons (Fsp3) is 0.143. The van der Waals surface area contributed by atoms with Gasteiger partial charge in [0.25, 0.3) is 0 Å². The van der Waals surface area contributed by atoms with Gasteiger partial charge in [0.15, 0.2) is 0 Å². The molecule has 2 rings (SSSR count). The summed E-state index contributed by atoms with van der Waals surface area (Å²) in [4.78, 5) is 0. The maximum absolute atomic E-state index is 13.1. The number of hydrazine groups is 1. The van der Waals surface area contributed by atoms with Gasteiger partial charge in [-0.15, -0.1) is 0 Å². The van der Waals surface area contributed by atoms with Crippen molar-refractivity contribution in [1.82, 2.24) is 5.43 Å². The fourth-order valence-corrected chi connectivity index (χ4v) is 1.65. The number of halogens is 1. The molecular weight excluding hydrogens is 231 g/mol. The average Bonchev–Trinajstić information content (AvgIpc) is 2.40. The number of hydrogen-bond donors (Lipinski definition) is 2. The second kappa shape index (κ2) is 6.02. The Kier molecular flexibility index (Phi) is 4.15. The number of para-hydroxylation sites is 1. The van der Waals surface area contributed by atoms with Crippen LogP contribution < -0.4 is 15.6 Å². The molecule has 3 nitrogen and oxygen atoms in total. The van der Waals surface area contributed by atoms with Gasteiger partial charge in [-0.2, -0.15) is 0 Å². The van der Waals surface area contributed by atoms with Crippen molar-refractivity contribution >= 4 is 5.69 Å². The number of ether oxygens (including phenoxy) is 1.